The lowest BCUT2D eigenvalue weighted by atomic mass is 9.81. The second-order valence-electron chi connectivity index (χ2n) is 8.01. The van der Waals surface area contributed by atoms with Gasteiger partial charge in [0.15, 0.2) is 6.61 Å². The van der Waals surface area contributed by atoms with Crippen molar-refractivity contribution < 1.29 is 23.9 Å². The number of likely N-dealkylation sites (tertiary alicyclic amines) is 1. The molecule has 8 heteroatoms. The molecule has 2 aliphatic heterocycles. The first kappa shape index (κ1) is 20.3. The van der Waals surface area contributed by atoms with Crippen LogP contribution in [-0.2, 0) is 23.9 Å². The van der Waals surface area contributed by atoms with Crippen LogP contribution in [0.4, 0.5) is 0 Å². The highest BCUT2D eigenvalue weighted by Gasteiger charge is 2.51. The molecule has 2 fully saturated rings. The van der Waals surface area contributed by atoms with E-state index in [4.69, 9.17) is 4.74 Å². The number of esters is 1. The molecule has 3 amide bonds. The fraction of sp³-hybridized carbons (Fsp3) is 0.500. The van der Waals surface area contributed by atoms with Gasteiger partial charge in [0.05, 0.1) is 24.1 Å². The van der Waals surface area contributed by atoms with E-state index in [-0.39, 0.29) is 23.7 Å². The summed E-state index contributed by atoms with van der Waals surface area (Å²) in [5, 5.41) is 5.61. The lowest BCUT2D eigenvalue weighted by Crippen LogP contribution is -2.45. The van der Waals surface area contributed by atoms with Gasteiger partial charge in [0.2, 0.25) is 11.8 Å². The summed E-state index contributed by atoms with van der Waals surface area (Å²) in [4.78, 5) is 51.1. The van der Waals surface area contributed by atoms with E-state index in [1.54, 1.807) is 0 Å². The van der Waals surface area contributed by atoms with Gasteiger partial charge in [-0.1, -0.05) is 43.2 Å². The molecular formula is C22H25N3O5. The van der Waals surface area contributed by atoms with Crippen molar-refractivity contribution in [1.29, 1.82) is 0 Å². The molecule has 1 aliphatic carbocycles. The van der Waals surface area contributed by atoms with Crippen LogP contribution >= 0.6 is 0 Å². The highest BCUT2D eigenvalue weighted by molar-refractivity contribution is 6.08. The van der Waals surface area contributed by atoms with Gasteiger partial charge in [-0.15, -0.1) is 0 Å². The largest absolute Gasteiger partial charge is 0.454 e. The maximum Gasteiger partial charge on any atom is 0.329 e. The Morgan fingerprint density at radius 2 is 1.73 bits per heavy atom. The Bertz CT molecular complexity index is 873. The Hall–Kier alpha value is -3.03. The molecule has 30 heavy (non-hydrogen) atoms. The van der Waals surface area contributed by atoms with Crippen molar-refractivity contribution in [2.75, 3.05) is 13.2 Å². The van der Waals surface area contributed by atoms with Gasteiger partial charge in [0.25, 0.3) is 5.91 Å². The van der Waals surface area contributed by atoms with E-state index in [2.05, 4.69) is 5.10 Å². The number of ether oxygens (including phenoxy) is 1. The number of carbonyl (C=O) groups is 4. The third-order valence-electron chi connectivity index (χ3n) is 6.14. The number of hydrogen-bond donors (Lipinski definition) is 0. The van der Waals surface area contributed by atoms with Crippen molar-refractivity contribution in [3.05, 3.63) is 35.9 Å². The quantitative estimate of drug-likeness (QED) is 0.543. The summed E-state index contributed by atoms with van der Waals surface area (Å²) in [7, 11) is 0. The van der Waals surface area contributed by atoms with Crippen molar-refractivity contribution in [2.45, 2.75) is 45.1 Å². The highest BCUT2D eigenvalue weighted by atomic mass is 16.5. The van der Waals surface area contributed by atoms with Crippen molar-refractivity contribution in [2.24, 2.45) is 16.9 Å². The summed E-state index contributed by atoms with van der Waals surface area (Å²) in [6, 6.07) is 8.54. The minimum Gasteiger partial charge on any atom is -0.454 e. The van der Waals surface area contributed by atoms with E-state index in [0.717, 1.165) is 29.0 Å². The molecule has 1 saturated heterocycles. The fourth-order valence-electron chi connectivity index (χ4n) is 4.47. The van der Waals surface area contributed by atoms with Crippen LogP contribution in [0.5, 0.6) is 0 Å². The Labute approximate surface area is 174 Å². The first-order chi connectivity index (χ1) is 14.5. The van der Waals surface area contributed by atoms with Crippen LogP contribution in [0.3, 0.4) is 0 Å². The van der Waals surface area contributed by atoms with Crippen LogP contribution in [0.25, 0.3) is 0 Å². The van der Waals surface area contributed by atoms with E-state index >= 15 is 0 Å². The molecule has 0 aromatic heterocycles. The van der Waals surface area contributed by atoms with Gasteiger partial charge in [-0.05, 0) is 25.3 Å². The van der Waals surface area contributed by atoms with Crippen LogP contribution in [0.15, 0.2) is 35.4 Å². The van der Waals surface area contributed by atoms with Crippen LogP contribution in [0.2, 0.25) is 0 Å². The van der Waals surface area contributed by atoms with Crippen molar-refractivity contribution in [3.63, 3.8) is 0 Å². The molecule has 0 N–H and O–H groups in total. The number of nitrogens with zero attached hydrogens (tertiary/aromatic N) is 3. The lowest BCUT2D eigenvalue weighted by molar-refractivity contribution is -0.161. The Balaban J connectivity index is 1.33. The first-order valence-corrected chi connectivity index (χ1v) is 10.4. The highest BCUT2D eigenvalue weighted by Crippen LogP contribution is 2.38. The van der Waals surface area contributed by atoms with Gasteiger partial charge >= 0.3 is 5.97 Å². The number of benzene rings is 1. The number of amides is 3. The number of carbonyl (C=O) groups excluding carboxylic acids is 4. The molecule has 158 valence electrons. The maximum atomic E-state index is 12.6. The van der Waals surface area contributed by atoms with Crippen LogP contribution in [-0.4, -0.2) is 58.5 Å². The minimum absolute atomic E-state index is 0.294. The lowest BCUT2D eigenvalue weighted by Gasteiger charge is -2.21. The zero-order valence-electron chi connectivity index (χ0n) is 17.0. The maximum absolute atomic E-state index is 12.6. The summed E-state index contributed by atoms with van der Waals surface area (Å²) in [5.41, 5.74) is 1.76. The monoisotopic (exact) mass is 411 g/mol. The van der Waals surface area contributed by atoms with Gasteiger partial charge in [-0.2, -0.15) is 5.10 Å². The molecule has 2 heterocycles. The zero-order chi connectivity index (χ0) is 21.3. The summed E-state index contributed by atoms with van der Waals surface area (Å²) < 4.78 is 5.14. The van der Waals surface area contributed by atoms with Crippen molar-refractivity contribution in [3.8, 4) is 0 Å². The summed E-state index contributed by atoms with van der Waals surface area (Å²) in [6.07, 6.45) is 3.83. The average Bonchev–Trinajstić information content (AvgIpc) is 3.36. The van der Waals surface area contributed by atoms with Gasteiger partial charge in [-0.25, -0.2) is 9.80 Å². The van der Waals surface area contributed by atoms with Crippen LogP contribution < -0.4 is 0 Å². The molecule has 8 nitrogen and oxygen atoms in total. The molecule has 0 radical (unpaired) electrons. The smallest absolute Gasteiger partial charge is 0.329 e. The zero-order valence-corrected chi connectivity index (χ0v) is 17.0. The number of imide groups is 1. The third-order valence-corrected chi connectivity index (χ3v) is 6.14. The molecule has 1 aromatic carbocycles. The Morgan fingerprint density at radius 3 is 2.37 bits per heavy atom. The van der Waals surface area contributed by atoms with Crippen LogP contribution in [0, 0.1) is 11.8 Å². The number of fused-ring (bicyclic) bond motifs is 1. The predicted molar refractivity (Wildman–Crippen MR) is 107 cm³/mol. The van der Waals surface area contributed by atoms with Gasteiger partial charge in [0, 0.05) is 6.42 Å². The molecule has 3 aliphatic rings. The van der Waals surface area contributed by atoms with E-state index in [9.17, 15) is 19.2 Å². The van der Waals surface area contributed by atoms with Gasteiger partial charge in [-0.3, -0.25) is 19.3 Å². The topological polar surface area (TPSA) is 96.3 Å². The molecule has 3 atom stereocenters. The van der Waals surface area contributed by atoms with E-state index in [0.29, 0.717) is 25.8 Å². The number of hydrazone groups is 1. The Kier molecular flexibility index (Phi) is 5.65. The van der Waals surface area contributed by atoms with E-state index in [1.807, 2.05) is 30.3 Å². The number of rotatable bonds is 5. The summed E-state index contributed by atoms with van der Waals surface area (Å²) in [6.45, 7) is 1.42. The first-order valence-electron chi connectivity index (χ1n) is 10.4. The molecule has 0 bridgehead atoms. The summed E-state index contributed by atoms with van der Waals surface area (Å²) in [5.74, 6) is -2.42. The standard InChI is InChI=1S/C22H25N3O5/c1-14(25-20(27)16-9-5-6-10-17(16)21(25)28)22(29)30-13-19(26)24-12-11-18(23-24)15-7-3-2-4-8-15/h2-4,7-8,14,16-17H,5-6,9-13H2,1H3/t14-,16-,17-/m0/s1. The minimum atomic E-state index is -1.04. The van der Waals surface area contributed by atoms with Gasteiger partial charge in [0.1, 0.15) is 6.04 Å². The second-order valence-corrected chi connectivity index (χ2v) is 8.01. The normalized spacial score (nSPS) is 24.5. The third kappa shape index (κ3) is 3.74. The van der Waals surface area contributed by atoms with Crippen LogP contribution in [0.1, 0.15) is 44.6 Å². The SMILES string of the molecule is C[C@@H](C(=O)OCC(=O)N1CCC(c2ccccc2)=N1)N1C(=O)[C@H]2CCCC[C@@H]2C1=O. The number of hydrogen-bond acceptors (Lipinski definition) is 6. The van der Waals surface area contributed by atoms with Crippen molar-refractivity contribution >= 4 is 29.4 Å². The second kappa shape index (κ2) is 8.38. The molecule has 0 unspecified atom stereocenters. The molecule has 0 spiro atoms. The molecular weight excluding hydrogens is 386 g/mol. The molecule has 1 aromatic rings. The Morgan fingerprint density at radius 1 is 1.10 bits per heavy atom. The average molecular weight is 411 g/mol. The molecule has 4 rings (SSSR count). The van der Waals surface area contributed by atoms with E-state index in [1.165, 1.54) is 11.9 Å². The predicted octanol–water partition coefficient (Wildman–Crippen LogP) is 1.73. The summed E-state index contributed by atoms with van der Waals surface area (Å²) >= 11 is 0. The van der Waals surface area contributed by atoms with Crippen molar-refractivity contribution in [1.82, 2.24) is 9.91 Å². The fourth-order valence-corrected chi connectivity index (χ4v) is 4.47. The molecule has 1 saturated carbocycles. The van der Waals surface area contributed by atoms with Gasteiger partial charge < -0.3 is 4.74 Å². The van der Waals surface area contributed by atoms with E-state index < -0.39 is 24.5 Å².